The first kappa shape index (κ1) is 17.2. The summed E-state index contributed by atoms with van der Waals surface area (Å²) in [7, 11) is 0. The second kappa shape index (κ2) is 7.56. The molecule has 0 heterocycles. The molecule has 0 aromatic carbocycles. The molecular weight excluding hydrogens is 300 g/mol. The van der Waals surface area contributed by atoms with E-state index >= 15 is 0 Å². The van der Waals surface area contributed by atoms with Gasteiger partial charge in [-0.1, -0.05) is 22.5 Å². The second-order valence-corrected chi connectivity index (χ2v) is 6.08. The SMILES string of the molecule is C=C(Br)CC(CC(=O)OC(C)(C)C)C(=O)OCC. The maximum atomic E-state index is 11.7. The molecule has 18 heavy (non-hydrogen) atoms. The smallest absolute Gasteiger partial charge is 0.309 e. The molecule has 1 atom stereocenters. The molecule has 0 radical (unpaired) electrons. The standard InChI is InChI=1S/C13H21BrO4/c1-6-17-12(16)10(7-9(2)14)8-11(15)18-13(3,4)5/h10H,2,6-8H2,1,3-5H3. The van der Waals surface area contributed by atoms with E-state index in [1.54, 1.807) is 27.7 Å². The average Bonchev–Trinajstić information content (AvgIpc) is 2.13. The van der Waals surface area contributed by atoms with Gasteiger partial charge in [-0.2, -0.15) is 0 Å². The molecule has 0 aliphatic heterocycles. The van der Waals surface area contributed by atoms with Crippen LogP contribution in [0.2, 0.25) is 0 Å². The highest BCUT2D eigenvalue weighted by Gasteiger charge is 2.26. The van der Waals surface area contributed by atoms with Crippen LogP contribution < -0.4 is 0 Å². The van der Waals surface area contributed by atoms with E-state index in [0.29, 0.717) is 17.5 Å². The Morgan fingerprint density at radius 2 is 1.83 bits per heavy atom. The highest BCUT2D eigenvalue weighted by atomic mass is 79.9. The molecular formula is C13H21BrO4. The van der Waals surface area contributed by atoms with Crippen LogP contribution in [0.1, 0.15) is 40.5 Å². The molecule has 0 saturated heterocycles. The quantitative estimate of drug-likeness (QED) is 0.705. The number of hydrogen-bond donors (Lipinski definition) is 0. The van der Waals surface area contributed by atoms with Gasteiger partial charge in [0.2, 0.25) is 0 Å². The fraction of sp³-hybridized carbons (Fsp3) is 0.692. The minimum atomic E-state index is -0.554. The predicted molar refractivity (Wildman–Crippen MR) is 73.3 cm³/mol. The molecule has 0 aliphatic rings. The van der Waals surface area contributed by atoms with Gasteiger partial charge in [0.15, 0.2) is 0 Å². The lowest BCUT2D eigenvalue weighted by Crippen LogP contribution is -2.28. The molecule has 0 aliphatic carbocycles. The number of allylic oxidation sites excluding steroid dienone is 1. The van der Waals surface area contributed by atoms with Crippen molar-refractivity contribution in [3.05, 3.63) is 11.1 Å². The summed E-state index contributed by atoms with van der Waals surface area (Å²) in [4.78, 5) is 23.4. The van der Waals surface area contributed by atoms with Crippen molar-refractivity contribution in [1.29, 1.82) is 0 Å². The maximum absolute atomic E-state index is 11.7. The third kappa shape index (κ3) is 8.28. The van der Waals surface area contributed by atoms with E-state index in [1.165, 1.54) is 0 Å². The Bertz CT molecular complexity index is 317. The fourth-order valence-corrected chi connectivity index (χ4v) is 1.74. The zero-order chi connectivity index (χ0) is 14.3. The van der Waals surface area contributed by atoms with Gasteiger partial charge in [-0.05, 0) is 38.6 Å². The highest BCUT2D eigenvalue weighted by Crippen LogP contribution is 2.21. The summed E-state index contributed by atoms with van der Waals surface area (Å²) in [5.74, 6) is -1.36. The second-order valence-electron chi connectivity index (χ2n) is 4.96. The molecule has 104 valence electrons. The lowest BCUT2D eigenvalue weighted by Gasteiger charge is -2.21. The first-order valence-corrected chi connectivity index (χ1v) is 6.66. The minimum Gasteiger partial charge on any atom is -0.466 e. The highest BCUT2D eigenvalue weighted by molar-refractivity contribution is 9.11. The van der Waals surface area contributed by atoms with Crippen LogP contribution in [0, 0.1) is 5.92 Å². The number of rotatable bonds is 6. The van der Waals surface area contributed by atoms with Gasteiger partial charge in [-0.25, -0.2) is 0 Å². The number of esters is 2. The summed E-state index contributed by atoms with van der Waals surface area (Å²) in [6.07, 6.45) is 0.360. The molecule has 0 spiro atoms. The Morgan fingerprint density at radius 1 is 1.28 bits per heavy atom. The van der Waals surface area contributed by atoms with Gasteiger partial charge in [-0.3, -0.25) is 9.59 Å². The van der Waals surface area contributed by atoms with Crippen molar-refractivity contribution in [3.8, 4) is 0 Å². The van der Waals surface area contributed by atoms with Crippen molar-refractivity contribution < 1.29 is 19.1 Å². The molecule has 0 N–H and O–H groups in total. The molecule has 0 saturated carbocycles. The van der Waals surface area contributed by atoms with E-state index in [2.05, 4.69) is 22.5 Å². The van der Waals surface area contributed by atoms with Crippen LogP contribution in [0.5, 0.6) is 0 Å². The van der Waals surface area contributed by atoms with Crippen molar-refractivity contribution in [2.75, 3.05) is 6.61 Å². The minimum absolute atomic E-state index is 0.000718. The van der Waals surface area contributed by atoms with E-state index in [4.69, 9.17) is 9.47 Å². The van der Waals surface area contributed by atoms with Gasteiger partial charge in [-0.15, -0.1) is 0 Å². The predicted octanol–water partition coefficient (Wildman–Crippen LogP) is 3.20. The molecule has 0 rings (SSSR count). The van der Waals surface area contributed by atoms with Gasteiger partial charge in [0.25, 0.3) is 0 Å². The molecule has 5 heteroatoms. The van der Waals surface area contributed by atoms with Gasteiger partial charge in [0.05, 0.1) is 18.9 Å². The Kier molecular flexibility index (Phi) is 7.21. The summed E-state index contributed by atoms with van der Waals surface area (Å²) in [6, 6.07) is 0. The Labute approximate surface area is 117 Å². The lowest BCUT2D eigenvalue weighted by molar-refractivity contribution is -0.161. The first-order chi connectivity index (χ1) is 8.15. The van der Waals surface area contributed by atoms with Crippen molar-refractivity contribution >= 4 is 27.9 Å². The first-order valence-electron chi connectivity index (χ1n) is 5.87. The zero-order valence-corrected chi connectivity index (χ0v) is 13.0. The van der Waals surface area contributed by atoms with E-state index in [-0.39, 0.29) is 6.42 Å². The monoisotopic (exact) mass is 320 g/mol. The molecule has 0 fully saturated rings. The summed E-state index contributed by atoms with van der Waals surface area (Å²) < 4.78 is 10.8. The Hall–Kier alpha value is -0.840. The van der Waals surface area contributed by atoms with Crippen molar-refractivity contribution in [3.63, 3.8) is 0 Å². The normalized spacial score (nSPS) is 12.7. The van der Waals surface area contributed by atoms with Crippen LogP contribution in [0.3, 0.4) is 0 Å². The molecule has 0 aromatic rings. The third-order valence-electron chi connectivity index (χ3n) is 1.92. The molecule has 1 unspecified atom stereocenters. The van der Waals surface area contributed by atoms with Crippen LogP contribution in [0.15, 0.2) is 11.1 Å². The number of carbonyl (C=O) groups is 2. The number of carbonyl (C=O) groups excluding carboxylic acids is 2. The lowest BCUT2D eigenvalue weighted by atomic mass is 10.0. The zero-order valence-electron chi connectivity index (χ0n) is 11.4. The maximum Gasteiger partial charge on any atom is 0.309 e. The van der Waals surface area contributed by atoms with Gasteiger partial charge in [0, 0.05) is 0 Å². The van der Waals surface area contributed by atoms with Crippen molar-refractivity contribution in [2.45, 2.75) is 46.1 Å². The fourth-order valence-electron chi connectivity index (χ4n) is 1.35. The number of halogens is 1. The number of ether oxygens (including phenoxy) is 2. The number of hydrogen-bond acceptors (Lipinski definition) is 4. The van der Waals surface area contributed by atoms with E-state index in [0.717, 1.165) is 0 Å². The van der Waals surface area contributed by atoms with Crippen molar-refractivity contribution in [1.82, 2.24) is 0 Å². The van der Waals surface area contributed by atoms with E-state index < -0.39 is 23.5 Å². The van der Waals surface area contributed by atoms with Crippen LogP contribution in [-0.2, 0) is 19.1 Å². The topological polar surface area (TPSA) is 52.6 Å². The van der Waals surface area contributed by atoms with Gasteiger partial charge in [0.1, 0.15) is 5.60 Å². The summed E-state index contributed by atoms with van der Waals surface area (Å²) in [5.41, 5.74) is -0.554. The molecule has 0 amide bonds. The molecule has 0 bridgehead atoms. The molecule has 0 aromatic heterocycles. The average molecular weight is 321 g/mol. The van der Waals surface area contributed by atoms with Gasteiger partial charge < -0.3 is 9.47 Å². The van der Waals surface area contributed by atoms with Crippen LogP contribution in [0.4, 0.5) is 0 Å². The van der Waals surface area contributed by atoms with Crippen molar-refractivity contribution in [2.24, 2.45) is 5.92 Å². The Morgan fingerprint density at radius 3 is 2.22 bits per heavy atom. The van der Waals surface area contributed by atoms with Gasteiger partial charge >= 0.3 is 11.9 Å². The van der Waals surface area contributed by atoms with E-state index in [9.17, 15) is 9.59 Å². The summed E-state index contributed by atoms with van der Waals surface area (Å²) >= 11 is 3.19. The summed E-state index contributed by atoms with van der Waals surface area (Å²) in [6.45, 7) is 11.0. The Balaban J connectivity index is 4.54. The van der Waals surface area contributed by atoms with Crippen LogP contribution >= 0.6 is 15.9 Å². The third-order valence-corrected chi connectivity index (χ3v) is 2.24. The molecule has 4 nitrogen and oxygen atoms in total. The van der Waals surface area contributed by atoms with Crippen LogP contribution in [-0.4, -0.2) is 24.1 Å². The van der Waals surface area contributed by atoms with Crippen LogP contribution in [0.25, 0.3) is 0 Å². The van der Waals surface area contributed by atoms with E-state index in [1.807, 2.05) is 0 Å². The summed E-state index contributed by atoms with van der Waals surface area (Å²) in [5, 5.41) is 0. The largest absolute Gasteiger partial charge is 0.466 e.